The molecule has 2 amide bonds. The first kappa shape index (κ1) is 21.1. The lowest BCUT2D eigenvalue weighted by Crippen LogP contribution is -2.49. The molecular weight excluding hydrogens is 346 g/mol. The second-order valence-corrected chi connectivity index (χ2v) is 7.03. The fourth-order valence-corrected chi connectivity index (χ4v) is 3.11. The van der Waals surface area contributed by atoms with Gasteiger partial charge in [-0.05, 0) is 24.7 Å². The van der Waals surface area contributed by atoms with Crippen LogP contribution < -0.4 is 15.5 Å². The Hall–Kier alpha value is -2.16. The molecule has 0 bridgehead atoms. The number of likely N-dealkylation sites (N-methyl/N-ethyl adjacent to an activating group) is 1. The molecule has 2 rings (SSSR count). The van der Waals surface area contributed by atoms with Gasteiger partial charge in [0.05, 0.1) is 12.6 Å². The number of benzene rings is 1. The van der Waals surface area contributed by atoms with Gasteiger partial charge < -0.3 is 25.5 Å². The largest absolute Gasteiger partial charge is 0.395 e. The predicted octanol–water partition coefficient (Wildman–Crippen LogP) is -0.734. The molecule has 27 heavy (non-hydrogen) atoms. The number of aliphatic hydroxyl groups excluding tert-OH is 1. The van der Waals surface area contributed by atoms with E-state index >= 15 is 0 Å². The van der Waals surface area contributed by atoms with Crippen LogP contribution in [0.1, 0.15) is 11.6 Å². The van der Waals surface area contributed by atoms with Crippen molar-refractivity contribution in [2.45, 2.75) is 6.04 Å². The highest BCUT2D eigenvalue weighted by atomic mass is 16.3. The van der Waals surface area contributed by atoms with Crippen molar-refractivity contribution < 1.29 is 14.7 Å². The first-order chi connectivity index (χ1) is 12.9. The SMILES string of the molecule is CN1CCN(C(CNC(=O)C(=O)NCCO)c2ccc(N(C)C)cc2)CC1. The van der Waals surface area contributed by atoms with Crippen LogP contribution >= 0.6 is 0 Å². The van der Waals surface area contributed by atoms with E-state index in [-0.39, 0.29) is 19.2 Å². The molecular formula is C19H31N5O3. The Balaban J connectivity index is 2.07. The molecule has 1 heterocycles. The van der Waals surface area contributed by atoms with Gasteiger partial charge in [0.1, 0.15) is 0 Å². The van der Waals surface area contributed by atoms with Crippen LogP contribution in [0.15, 0.2) is 24.3 Å². The lowest BCUT2D eigenvalue weighted by Gasteiger charge is -2.38. The van der Waals surface area contributed by atoms with Crippen molar-refractivity contribution in [3.63, 3.8) is 0 Å². The maximum Gasteiger partial charge on any atom is 0.309 e. The molecule has 0 aromatic heterocycles. The Kier molecular flexibility index (Phi) is 8.02. The molecule has 1 aliphatic rings. The maximum atomic E-state index is 12.0. The summed E-state index contributed by atoms with van der Waals surface area (Å²) in [5, 5.41) is 13.9. The lowest BCUT2D eigenvalue weighted by atomic mass is 10.0. The molecule has 1 atom stereocenters. The molecule has 1 aromatic carbocycles. The van der Waals surface area contributed by atoms with E-state index in [1.165, 1.54) is 0 Å². The monoisotopic (exact) mass is 377 g/mol. The molecule has 3 N–H and O–H groups in total. The normalized spacial score (nSPS) is 16.6. The van der Waals surface area contributed by atoms with Crippen molar-refractivity contribution in [1.29, 1.82) is 0 Å². The Labute approximate surface area is 161 Å². The first-order valence-corrected chi connectivity index (χ1v) is 9.29. The molecule has 0 saturated carbocycles. The second-order valence-electron chi connectivity index (χ2n) is 7.03. The number of anilines is 1. The van der Waals surface area contributed by atoms with E-state index in [2.05, 4.69) is 51.7 Å². The van der Waals surface area contributed by atoms with Crippen LogP contribution in [0.2, 0.25) is 0 Å². The molecule has 8 nitrogen and oxygen atoms in total. The number of piperazine rings is 1. The van der Waals surface area contributed by atoms with Crippen LogP contribution in [0.25, 0.3) is 0 Å². The molecule has 1 unspecified atom stereocenters. The Bertz CT molecular complexity index is 612. The third kappa shape index (κ3) is 6.20. The topological polar surface area (TPSA) is 88.1 Å². The summed E-state index contributed by atoms with van der Waals surface area (Å²) < 4.78 is 0. The van der Waals surface area contributed by atoms with Crippen LogP contribution in [0, 0.1) is 0 Å². The van der Waals surface area contributed by atoms with Gasteiger partial charge in [0.25, 0.3) is 0 Å². The van der Waals surface area contributed by atoms with Crippen molar-refractivity contribution in [2.75, 3.05) is 71.9 Å². The fraction of sp³-hybridized carbons (Fsp3) is 0.579. The highest BCUT2D eigenvalue weighted by Gasteiger charge is 2.25. The van der Waals surface area contributed by atoms with E-state index in [0.29, 0.717) is 6.54 Å². The van der Waals surface area contributed by atoms with E-state index in [9.17, 15) is 9.59 Å². The van der Waals surface area contributed by atoms with E-state index in [1.807, 2.05) is 19.0 Å². The minimum absolute atomic E-state index is 0.00417. The minimum Gasteiger partial charge on any atom is -0.395 e. The number of nitrogens with zero attached hydrogens (tertiary/aromatic N) is 3. The minimum atomic E-state index is -0.718. The van der Waals surface area contributed by atoms with Gasteiger partial charge in [0.2, 0.25) is 0 Å². The molecule has 1 aliphatic heterocycles. The van der Waals surface area contributed by atoms with Crippen LogP contribution in [0.5, 0.6) is 0 Å². The fourth-order valence-electron chi connectivity index (χ4n) is 3.11. The van der Waals surface area contributed by atoms with E-state index < -0.39 is 11.8 Å². The van der Waals surface area contributed by atoms with Gasteiger partial charge in [0, 0.05) is 59.1 Å². The van der Waals surface area contributed by atoms with Gasteiger partial charge in [0.15, 0.2) is 0 Å². The number of hydrogen-bond donors (Lipinski definition) is 3. The first-order valence-electron chi connectivity index (χ1n) is 9.29. The zero-order chi connectivity index (χ0) is 19.8. The summed E-state index contributed by atoms with van der Waals surface area (Å²) in [6, 6.07) is 8.29. The average Bonchev–Trinajstić information content (AvgIpc) is 2.67. The van der Waals surface area contributed by atoms with Gasteiger partial charge in [-0.25, -0.2) is 0 Å². The molecule has 1 aromatic rings. The second kappa shape index (κ2) is 10.2. The van der Waals surface area contributed by atoms with Crippen molar-refractivity contribution >= 4 is 17.5 Å². The quantitative estimate of drug-likeness (QED) is 0.543. The number of amides is 2. The van der Waals surface area contributed by atoms with Gasteiger partial charge in [-0.15, -0.1) is 0 Å². The Morgan fingerprint density at radius 3 is 2.22 bits per heavy atom. The lowest BCUT2D eigenvalue weighted by molar-refractivity contribution is -0.139. The molecule has 0 spiro atoms. The summed E-state index contributed by atoms with van der Waals surface area (Å²) in [5.41, 5.74) is 2.23. The van der Waals surface area contributed by atoms with Gasteiger partial charge in [-0.1, -0.05) is 12.1 Å². The summed E-state index contributed by atoms with van der Waals surface area (Å²) in [6.45, 7) is 3.98. The Morgan fingerprint density at radius 1 is 1.07 bits per heavy atom. The van der Waals surface area contributed by atoms with E-state index in [0.717, 1.165) is 37.4 Å². The number of carbonyl (C=O) groups excluding carboxylic acids is 2. The smallest absolute Gasteiger partial charge is 0.309 e. The predicted molar refractivity (Wildman–Crippen MR) is 106 cm³/mol. The number of aliphatic hydroxyl groups is 1. The van der Waals surface area contributed by atoms with Crippen LogP contribution in [-0.2, 0) is 9.59 Å². The molecule has 1 saturated heterocycles. The summed E-state index contributed by atoms with van der Waals surface area (Å²) in [4.78, 5) is 30.4. The molecule has 1 fully saturated rings. The van der Waals surface area contributed by atoms with E-state index in [1.54, 1.807) is 0 Å². The molecule has 8 heteroatoms. The number of carbonyl (C=O) groups is 2. The molecule has 0 aliphatic carbocycles. The van der Waals surface area contributed by atoms with Crippen molar-refractivity contribution in [1.82, 2.24) is 20.4 Å². The zero-order valence-electron chi connectivity index (χ0n) is 16.4. The number of hydrogen-bond acceptors (Lipinski definition) is 6. The third-order valence-corrected chi connectivity index (χ3v) is 4.83. The van der Waals surface area contributed by atoms with E-state index in [4.69, 9.17) is 5.11 Å². The van der Waals surface area contributed by atoms with Crippen LogP contribution in [-0.4, -0.2) is 93.7 Å². The average molecular weight is 377 g/mol. The third-order valence-electron chi connectivity index (χ3n) is 4.83. The standard InChI is InChI=1S/C19H31N5O3/c1-22(2)16-6-4-15(5-7-16)17(24-11-9-23(3)10-12-24)14-21-19(27)18(26)20-8-13-25/h4-7,17,25H,8-14H2,1-3H3,(H,20,26)(H,21,27). The van der Waals surface area contributed by atoms with Gasteiger partial charge in [-0.3, -0.25) is 14.5 Å². The number of nitrogens with one attached hydrogen (secondary N) is 2. The maximum absolute atomic E-state index is 12.0. The highest BCUT2D eigenvalue weighted by Crippen LogP contribution is 2.24. The highest BCUT2D eigenvalue weighted by molar-refractivity contribution is 6.35. The van der Waals surface area contributed by atoms with Gasteiger partial charge in [-0.2, -0.15) is 0 Å². The van der Waals surface area contributed by atoms with Crippen molar-refractivity contribution in [3.8, 4) is 0 Å². The van der Waals surface area contributed by atoms with Crippen molar-refractivity contribution in [2.24, 2.45) is 0 Å². The van der Waals surface area contributed by atoms with Gasteiger partial charge >= 0.3 is 11.8 Å². The van der Waals surface area contributed by atoms with Crippen molar-refractivity contribution in [3.05, 3.63) is 29.8 Å². The zero-order valence-corrected chi connectivity index (χ0v) is 16.4. The summed E-state index contributed by atoms with van der Waals surface area (Å²) in [6.07, 6.45) is 0. The summed E-state index contributed by atoms with van der Waals surface area (Å²) >= 11 is 0. The summed E-state index contributed by atoms with van der Waals surface area (Å²) in [5.74, 6) is -1.39. The molecule has 0 radical (unpaired) electrons. The molecule has 150 valence electrons. The van der Waals surface area contributed by atoms with Crippen LogP contribution in [0.3, 0.4) is 0 Å². The Morgan fingerprint density at radius 2 is 1.67 bits per heavy atom. The van der Waals surface area contributed by atoms with Crippen LogP contribution in [0.4, 0.5) is 5.69 Å². The number of rotatable bonds is 7. The summed E-state index contributed by atoms with van der Waals surface area (Å²) in [7, 11) is 6.10.